The Balaban J connectivity index is 1.84. The molecule has 0 saturated carbocycles. The van der Waals surface area contributed by atoms with Crippen LogP contribution in [0, 0.1) is 6.92 Å². The van der Waals surface area contributed by atoms with Crippen molar-refractivity contribution in [3.05, 3.63) is 54.1 Å². The van der Waals surface area contributed by atoms with Gasteiger partial charge in [-0.2, -0.15) is 0 Å². The number of aromatic nitrogens is 1. The van der Waals surface area contributed by atoms with Gasteiger partial charge in [0.1, 0.15) is 0 Å². The van der Waals surface area contributed by atoms with Crippen molar-refractivity contribution >= 4 is 39.6 Å². The molecule has 0 bridgehead atoms. The molecular formula is C17H16N4OS. The number of rotatable bonds is 2. The van der Waals surface area contributed by atoms with Gasteiger partial charge in [0.25, 0.3) is 0 Å². The molecule has 0 saturated heterocycles. The molecule has 3 rings (SSSR count). The molecule has 2 aromatic carbocycles. The van der Waals surface area contributed by atoms with Gasteiger partial charge in [-0.1, -0.05) is 35.9 Å². The maximum atomic E-state index is 10.2. The van der Waals surface area contributed by atoms with Crippen LogP contribution in [-0.4, -0.2) is 14.8 Å². The zero-order valence-corrected chi connectivity index (χ0v) is 13.6. The number of aryl methyl sites for hydroxylation is 2. The fourth-order valence-corrected chi connectivity index (χ4v) is 2.50. The summed E-state index contributed by atoms with van der Waals surface area (Å²) in [7, 11) is 1.78. The minimum absolute atomic E-state index is 0.0630. The van der Waals surface area contributed by atoms with Crippen LogP contribution in [0.4, 0.5) is 11.4 Å². The van der Waals surface area contributed by atoms with Crippen molar-refractivity contribution in [3.63, 3.8) is 0 Å². The van der Waals surface area contributed by atoms with E-state index in [2.05, 4.69) is 15.5 Å². The van der Waals surface area contributed by atoms with Crippen molar-refractivity contribution in [1.82, 2.24) is 4.57 Å². The van der Waals surface area contributed by atoms with Gasteiger partial charge in [0.2, 0.25) is 11.0 Å². The summed E-state index contributed by atoms with van der Waals surface area (Å²) in [4.78, 5) is 0. The molecule has 0 amide bonds. The molecule has 2 N–H and O–H groups in total. The highest BCUT2D eigenvalue weighted by atomic mass is 32.1. The first-order chi connectivity index (χ1) is 11.1. The molecule has 0 fully saturated rings. The average molecular weight is 324 g/mol. The number of benzene rings is 2. The summed E-state index contributed by atoms with van der Waals surface area (Å²) in [5, 5.41) is 22.4. The molecule has 3 aromatic rings. The number of nitrogens with zero attached hydrogens (tertiary/aromatic N) is 3. The summed E-state index contributed by atoms with van der Waals surface area (Å²) in [6, 6.07) is 15.4. The Morgan fingerprint density at radius 2 is 1.83 bits per heavy atom. The number of anilines is 1. The Labute approximate surface area is 139 Å². The molecule has 0 aliphatic rings. The third-order valence-corrected chi connectivity index (χ3v) is 3.78. The standard InChI is InChI=1S/C17H16N4OS/c1-11-7-9-12(10-8-11)18-17(23)20-19-15-13-5-3-4-6-14(13)21(2)16(15)22/h3-10,22H,1-2H3,(H,18,23). The summed E-state index contributed by atoms with van der Waals surface area (Å²) < 4.78 is 1.67. The van der Waals surface area contributed by atoms with E-state index in [4.69, 9.17) is 12.2 Å². The van der Waals surface area contributed by atoms with E-state index in [1.807, 2.05) is 55.5 Å². The molecule has 1 aromatic heterocycles. The monoisotopic (exact) mass is 324 g/mol. The lowest BCUT2D eigenvalue weighted by Crippen LogP contribution is -2.04. The van der Waals surface area contributed by atoms with Crippen LogP contribution in [0.1, 0.15) is 5.56 Å². The van der Waals surface area contributed by atoms with E-state index >= 15 is 0 Å². The number of fused-ring (bicyclic) bond motifs is 1. The van der Waals surface area contributed by atoms with E-state index in [9.17, 15) is 5.11 Å². The van der Waals surface area contributed by atoms with E-state index < -0.39 is 0 Å². The lowest BCUT2D eigenvalue weighted by molar-refractivity contribution is 0.436. The molecular weight excluding hydrogens is 308 g/mol. The summed E-state index contributed by atoms with van der Waals surface area (Å²) in [5.41, 5.74) is 3.32. The number of hydrogen-bond donors (Lipinski definition) is 2. The minimum atomic E-state index is 0.0630. The molecule has 5 nitrogen and oxygen atoms in total. The molecule has 1 heterocycles. The van der Waals surface area contributed by atoms with Crippen molar-refractivity contribution in [2.75, 3.05) is 5.32 Å². The van der Waals surface area contributed by atoms with E-state index in [1.165, 1.54) is 5.56 Å². The van der Waals surface area contributed by atoms with Crippen molar-refractivity contribution in [1.29, 1.82) is 0 Å². The zero-order chi connectivity index (χ0) is 16.4. The van der Waals surface area contributed by atoms with Crippen LogP contribution in [0.25, 0.3) is 10.9 Å². The predicted molar refractivity (Wildman–Crippen MR) is 96.5 cm³/mol. The van der Waals surface area contributed by atoms with Crippen LogP contribution in [0.3, 0.4) is 0 Å². The van der Waals surface area contributed by atoms with Crippen LogP contribution < -0.4 is 5.32 Å². The Kier molecular flexibility index (Phi) is 4.08. The SMILES string of the molecule is Cc1ccc(NC(=S)N=Nc2c(O)n(C)c3ccccc23)cc1. The van der Waals surface area contributed by atoms with Crippen molar-refractivity contribution in [2.45, 2.75) is 6.92 Å². The highest BCUT2D eigenvalue weighted by molar-refractivity contribution is 7.80. The van der Waals surface area contributed by atoms with Gasteiger partial charge in [-0.05, 0) is 37.3 Å². The lowest BCUT2D eigenvalue weighted by atomic mass is 10.2. The number of hydrogen-bond acceptors (Lipinski definition) is 3. The number of azo groups is 1. The van der Waals surface area contributed by atoms with Gasteiger partial charge in [-0.25, -0.2) is 0 Å². The number of para-hydroxylation sites is 1. The fraction of sp³-hybridized carbons (Fsp3) is 0.118. The van der Waals surface area contributed by atoms with Crippen LogP contribution in [0.5, 0.6) is 5.88 Å². The lowest BCUT2D eigenvalue weighted by Gasteiger charge is -2.03. The van der Waals surface area contributed by atoms with Crippen LogP contribution >= 0.6 is 12.2 Å². The Morgan fingerprint density at radius 3 is 2.57 bits per heavy atom. The fourth-order valence-electron chi connectivity index (χ4n) is 2.34. The molecule has 0 atom stereocenters. The maximum absolute atomic E-state index is 10.2. The highest BCUT2D eigenvalue weighted by Crippen LogP contribution is 2.37. The van der Waals surface area contributed by atoms with Gasteiger partial charge in [-0.15, -0.1) is 10.2 Å². The number of nitrogens with one attached hydrogen (secondary N) is 1. The van der Waals surface area contributed by atoms with E-state index in [0.717, 1.165) is 16.6 Å². The minimum Gasteiger partial charge on any atom is -0.493 e. The van der Waals surface area contributed by atoms with Crippen molar-refractivity contribution < 1.29 is 5.11 Å². The zero-order valence-electron chi connectivity index (χ0n) is 12.8. The molecule has 0 aliphatic heterocycles. The van der Waals surface area contributed by atoms with Gasteiger partial charge >= 0.3 is 0 Å². The second-order valence-electron chi connectivity index (χ2n) is 5.24. The summed E-state index contributed by atoms with van der Waals surface area (Å²) >= 11 is 5.18. The maximum Gasteiger partial charge on any atom is 0.220 e. The van der Waals surface area contributed by atoms with Crippen molar-refractivity contribution in [3.8, 4) is 5.88 Å². The summed E-state index contributed by atoms with van der Waals surface area (Å²) in [6.45, 7) is 2.02. The summed E-state index contributed by atoms with van der Waals surface area (Å²) in [5.74, 6) is 0.0630. The average Bonchev–Trinajstić information content (AvgIpc) is 2.80. The van der Waals surface area contributed by atoms with Gasteiger partial charge in [0.05, 0.1) is 5.52 Å². The van der Waals surface area contributed by atoms with Crippen LogP contribution in [-0.2, 0) is 7.05 Å². The predicted octanol–water partition coefficient (Wildman–Crippen LogP) is 4.67. The van der Waals surface area contributed by atoms with E-state index in [1.54, 1.807) is 11.6 Å². The largest absolute Gasteiger partial charge is 0.493 e. The van der Waals surface area contributed by atoms with Crippen LogP contribution in [0.2, 0.25) is 0 Å². The third-order valence-electron chi connectivity index (χ3n) is 3.59. The Hall–Kier alpha value is -2.73. The van der Waals surface area contributed by atoms with Crippen LogP contribution in [0.15, 0.2) is 58.8 Å². The van der Waals surface area contributed by atoms with Gasteiger partial charge in [0, 0.05) is 18.1 Å². The van der Waals surface area contributed by atoms with Gasteiger partial charge in [0.15, 0.2) is 5.69 Å². The first kappa shape index (κ1) is 15.2. The second-order valence-corrected chi connectivity index (χ2v) is 5.63. The molecule has 0 radical (unpaired) electrons. The Bertz CT molecular complexity index is 897. The van der Waals surface area contributed by atoms with Crippen molar-refractivity contribution in [2.24, 2.45) is 17.3 Å². The molecule has 0 aliphatic carbocycles. The molecule has 23 heavy (non-hydrogen) atoms. The first-order valence-electron chi connectivity index (χ1n) is 7.12. The van der Waals surface area contributed by atoms with Gasteiger partial charge in [-0.3, -0.25) is 0 Å². The highest BCUT2D eigenvalue weighted by Gasteiger charge is 2.13. The van der Waals surface area contributed by atoms with E-state index in [-0.39, 0.29) is 11.0 Å². The third kappa shape index (κ3) is 3.07. The second kappa shape index (κ2) is 6.18. The topological polar surface area (TPSA) is 61.9 Å². The van der Waals surface area contributed by atoms with E-state index in [0.29, 0.717) is 5.69 Å². The summed E-state index contributed by atoms with van der Waals surface area (Å²) in [6.07, 6.45) is 0. The van der Waals surface area contributed by atoms with Gasteiger partial charge < -0.3 is 15.0 Å². The molecule has 116 valence electrons. The normalized spacial score (nSPS) is 11.2. The number of aromatic hydroxyl groups is 1. The molecule has 0 unspecified atom stereocenters. The Morgan fingerprint density at radius 1 is 1.13 bits per heavy atom. The first-order valence-corrected chi connectivity index (χ1v) is 7.53. The quantitative estimate of drug-likeness (QED) is 0.532. The smallest absolute Gasteiger partial charge is 0.220 e. The molecule has 6 heteroatoms. The number of thiocarbonyl (C=S) groups is 1. The molecule has 0 spiro atoms.